The molecule has 0 spiro atoms. The number of anilines is 1. The lowest BCUT2D eigenvalue weighted by Gasteiger charge is -2.21. The summed E-state index contributed by atoms with van der Waals surface area (Å²) in [7, 11) is 0. The van der Waals surface area contributed by atoms with Crippen molar-refractivity contribution in [1.29, 1.82) is 0 Å². The summed E-state index contributed by atoms with van der Waals surface area (Å²) in [6, 6.07) is 10.3. The number of carbonyl (C=O) groups is 1. The third-order valence-electron chi connectivity index (χ3n) is 5.59. The highest BCUT2D eigenvalue weighted by Gasteiger charge is 2.40. The highest BCUT2D eigenvalue weighted by Crippen LogP contribution is 2.48. The van der Waals surface area contributed by atoms with Crippen LogP contribution in [0.15, 0.2) is 65.5 Å². The van der Waals surface area contributed by atoms with E-state index in [1.165, 1.54) is 36.7 Å². The molecule has 1 aliphatic rings. The molecule has 5 rings (SSSR count). The minimum Gasteiger partial charge on any atom is -0.492 e. The largest absolute Gasteiger partial charge is 0.492 e. The van der Waals surface area contributed by atoms with Crippen molar-refractivity contribution >= 4 is 11.6 Å². The molecule has 4 aromatic rings. The van der Waals surface area contributed by atoms with Gasteiger partial charge in [-0.1, -0.05) is 12.1 Å². The standard InChI is InChI=1S/C26H22F3N5O4/c27-26(28,29)23-21(38-17-4-5-17)7-6-19(22(23)15-2-1-3-18(12-15)36-11-9-30)33-24(35)20-14-37-25(34-20)16-8-10-31-32-13-16/h1-3,6-8,10,12-14,17H,4-5,9,11,30H2,(H,33,35). The normalized spacial score (nSPS) is 13.3. The van der Waals surface area contributed by atoms with Crippen molar-refractivity contribution in [1.82, 2.24) is 15.2 Å². The summed E-state index contributed by atoms with van der Waals surface area (Å²) >= 11 is 0. The molecule has 12 heteroatoms. The minimum atomic E-state index is -4.79. The molecule has 2 aromatic carbocycles. The van der Waals surface area contributed by atoms with Gasteiger partial charge in [0.05, 0.1) is 24.1 Å². The zero-order valence-electron chi connectivity index (χ0n) is 19.9. The summed E-state index contributed by atoms with van der Waals surface area (Å²) in [4.78, 5) is 17.2. The van der Waals surface area contributed by atoms with E-state index in [0.717, 1.165) is 6.26 Å². The van der Waals surface area contributed by atoms with Gasteiger partial charge in [-0.05, 0) is 48.7 Å². The number of carbonyl (C=O) groups excluding carboxylic acids is 1. The maximum atomic E-state index is 14.5. The van der Waals surface area contributed by atoms with Crippen molar-refractivity contribution in [3.05, 3.63) is 72.4 Å². The van der Waals surface area contributed by atoms with Crippen LogP contribution in [0.5, 0.6) is 11.5 Å². The first-order chi connectivity index (χ1) is 18.3. The maximum Gasteiger partial charge on any atom is 0.420 e. The van der Waals surface area contributed by atoms with Gasteiger partial charge in [0, 0.05) is 17.8 Å². The SMILES string of the molecule is NCCOc1cccc(-c2c(NC(=O)c3coc(-c4ccnnc4)n3)ccc(OC3CC3)c2C(F)(F)F)c1. The molecule has 2 aromatic heterocycles. The second-order valence-electron chi connectivity index (χ2n) is 8.46. The van der Waals surface area contributed by atoms with Crippen molar-refractivity contribution in [2.75, 3.05) is 18.5 Å². The number of amides is 1. The Hall–Kier alpha value is -4.45. The molecule has 3 N–H and O–H groups in total. The number of alkyl halides is 3. The molecular formula is C26H22F3N5O4. The second-order valence-corrected chi connectivity index (χ2v) is 8.46. The molecule has 38 heavy (non-hydrogen) atoms. The zero-order chi connectivity index (χ0) is 26.7. The van der Waals surface area contributed by atoms with Crippen LogP contribution in [0.1, 0.15) is 28.9 Å². The fourth-order valence-corrected chi connectivity index (χ4v) is 3.76. The molecule has 0 unspecified atom stereocenters. The van der Waals surface area contributed by atoms with Crippen LogP contribution in [-0.2, 0) is 6.18 Å². The van der Waals surface area contributed by atoms with Crippen molar-refractivity contribution in [2.45, 2.75) is 25.1 Å². The fourth-order valence-electron chi connectivity index (χ4n) is 3.76. The third-order valence-corrected chi connectivity index (χ3v) is 5.59. The van der Waals surface area contributed by atoms with Gasteiger partial charge in [0.2, 0.25) is 5.89 Å². The van der Waals surface area contributed by atoms with Crippen LogP contribution in [0.2, 0.25) is 0 Å². The molecule has 0 bridgehead atoms. The predicted molar refractivity (Wildman–Crippen MR) is 131 cm³/mol. The molecule has 1 aliphatic carbocycles. The van der Waals surface area contributed by atoms with Gasteiger partial charge in [-0.3, -0.25) is 4.79 Å². The number of nitrogens with two attached hydrogens (primary N) is 1. The smallest absolute Gasteiger partial charge is 0.420 e. The van der Waals surface area contributed by atoms with E-state index in [9.17, 15) is 18.0 Å². The molecule has 2 heterocycles. The van der Waals surface area contributed by atoms with E-state index >= 15 is 0 Å². The van der Waals surface area contributed by atoms with Crippen LogP contribution in [0.4, 0.5) is 18.9 Å². The number of oxazole rings is 1. The van der Waals surface area contributed by atoms with Crippen molar-refractivity contribution < 1.29 is 31.9 Å². The first kappa shape index (κ1) is 25.2. The molecular weight excluding hydrogens is 503 g/mol. The number of nitrogens with zero attached hydrogens (tertiary/aromatic N) is 3. The lowest BCUT2D eigenvalue weighted by atomic mass is 9.95. The predicted octanol–water partition coefficient (Wildman–Crippen LogP) is 4.95. The van der Waals surface area contributed by atoms with E-state index in [-0.39, 0.29) is 53.4 Å². The van der Waals surface area contributed by atoms with Crippen LogP contribution in [0, 0.1) is 0 Å². The summed E-state index contributed by atoms with van der Waals surface area (Å²) in [6.45, 7) is 0.421. The molecule has 0 radical (unpaired) electrons. The summed E-state index contributed by atoms with van der Waals surface area (Å²) in [6.07, 6.45) is 0.232. The summed E-state index contributed by atoms with van der Waals surface area (Å²) in [5, 5.41) is 9.96. The zero-order valence-corrected chi connectivity index (χ0v) is 19.9. The monoisotopic (exact) mass is 525 g/mol. The van der Waals surface area contributed by atoms with Gasteiger partial charge < -0.3 is 24.9 Å². The Morgan fingerprint density at radius 3 is 2.68 bits per heavy atom. The molecule has 1 fully saturated rings. The van der Waals surface area contributed by atoms with Crippen LogP contribution in [0.25, 0.3) is 22.6 Å². The lowest BCUT2D eigenvalue weighted by molar-refractivity contribution is -0.138. The Morgan fingerprint density at radius 2 is 1.97 bits per heavy atom. The van der Waals surface area contributed by atoms with Crippen LogP contribution in [-0.4, -0.2) is 40.3 Å². The van der Waals surface area contributed by atoms with Crippen molar-refractivity contribution in [2.24, 2.45) is 5.73 Å². The van der Waals surface area contributed by atoms with E-state index in [4.69, 9.17) is 19.6 Å². The van der Waals surface area contributed by atoms with E-state index in [0.29, 0.717) is 24.2 Å². The van der Waals surface area contributed by atoms with Crippen LogP contribution in [0.3, 0.4) is 0 Å². The van der Waals surface area contributed by atoms with E-state index in [1.807, 2.05) is 0 Å². The topological polar surface area (TPSA) is 125 Å². The molecule has 196 valence electrons. The van der Waals surface area contributed by atoms with Gasteiger partial charge in [0.1, 0.15) is 29.9 Å². The Labute approximate surface area is 214 Å². The average molecular weight is 525 g/mol. The number of halogens is 3. The maximum absolute atomic E-state index is 14.5. The van der Waals surface area contributed by atoms with E-state index in [2.05, 4.69) is 20.5 Å². The number of hydrogen-bond donors (Lipinski definition) is 2. The fraction of sp³-hybridized carbons (Fsp3) is 0.231. The number of rotatable bonds is 9. The van der Waals surface area contributed by atoms with Gasteiger partial charge in [0.25, 0.3) is 5.91 Å². The van der Waals surface area contributed by atoms with Gasteiger partial charge in [-0.25, -0.2) is 4.98 Å². The summed E-state index contributed by atoms with van der Waals surface area (Å²) in [5.74, 6) is -0.629. The molecule has 9 nitrogen and oxygen atoms in total. The molecule has 0 atom stereocenters. The minimum absolute atomic E-state index is 0.0865. The van der Waals surface area contributed by atoms with Gasteiger partial charge in [-0.15, -0.1) is 0 Å². The number of ether oxygens (including phenoxy) is 2. The number of aromatic nitrogens is 3. The van der Waals surface area contributed by atoms with Crippen molar-refractivity contribution in [3.63, 3.8) is 0 Å². The molecule has 1 saturated carbocycles. The quantitative estimate of drug-likeness (QED) is 0.315. The molecule has 0 saturated heterocycles. The number of hydrogen-bond acceptors (Lipinski definition) is 8. The van der Waals surface area contributed by atoms with Gasteiger partial charge in [0.15, 0.2) is 5.69 Å². The Balaban J connectivity index is 1.56. The highest BCUT2D eigenvalue weighted by molar-refractivity contribution is 6.05. The molecule has 1 amide bonds. The summed E-state index contributed by atoms with van der Waals surface area (Å²) in [5.41, 5.74) is 4.67. The summed E-state index contributed by atoms with van der Waals surface area (Å²) < 4.78 is 60.1. The van der Waals surface area contributed by atoms with E-state index < -0.39 is 17.6 Å². The third kappa shape index (κ3) is 5.59. The Morgan fingerprint density at radius 1 is 1.13 bits per heavy atom. The molecule has 0 aliphatic heterocycles. The Bertz CT molecular complexity index is 1440. The number of benzene rings is 2. The number of nitrogens with one attached hydrogen (secondary N) is 1. The van der Waals surface area contributed by atoms with Crippen LogP contribution < -0.4 is 20.5 Å². The Kier molecular flexibility index (Phi) is 6.97. The lowest BCUT2D eigenvalue weighted by Crippen LogP contribution is -2.17. The first-order valence-electron chi connectivity index (χ1n) is 11.7. The van der Waals surface area contributed by atoms with Crippen molar-refractivity contribution in [3.8, 4) is 34.1 Å². The van der Waals surface area contributed by atoms with Gasteiger partial charge >= 0.3 is 6.18 Å². The van der Waals surface area contributed by atoms with Crippen LogP contribution >= 0.6 is 0 Å². The van der Waals surface area contributed by atoms with Gasteiger partial charge in [-0.2, -0.15) is 23.4 Å². The average Bonchev–Trinajstić information content (AvgIpc) is 3.58. The highest BCUT2D eigenvalue weighted by atomic mass is 19.4. The van der Waals surface area contributed by atoms with E-state index in [1.54, 1.807) is 18.2 Å². The second kappa shape index (κ2) is 10.5. The first-order valence-corrected chi connectivity index (χ1v) is 11.7.